The number of carboxylic acid groups (broad SMARTS) is 1. The molecule has 1 aliphatic rings. The molecule has 2 unspecified atom stereocenters. The topological polar surface area (TPSA) is 70.0 Å². The number of carboxylic acids is 1. The number of ether oxygens (including phenoxy) is 1. The van der Waals surface area contributed by atoms with E-state index in [1.807, 2.05) is 4.90 Å². The molecule has 0 bridgehead atoms. The van der Waals surface area contributed by atoms with E-state index in [9.17, 15) is 9.90 Å². The van der Waals surface area contributed by atoms with Gasteiger partial charge in [-0.1, -0.05) is 12.8 Å². The van der Waals surface area contributed by atoms with E-state index in [2.05, 4.69) is 0 Å². The van der Waals surface area contributed by atoms with Crippen LogP contribution < -0.4 is 0 Å². The van der Waals surface area contributed by atoms with Crippen LogP contribution in [0.3, 0.4) is 0 Å². The smallest absolute Gasteiger partial charge is 0.320 e. The minimum atomic E-state index is -0.786. The summed E-state index contributed by atoms with van der Waals surface area (Å²) in [6.45, 7) is 1.38. The Hall–Kier alpha value is -0.650. The highest BCUT2D eigenvalue weighted by molar-refractivity contribution is 5.73. The number of nitrogens with zero attached hydrogens (tertiary/aromatic N) is 1. The molecule has 0 radical (unpaired) electrons. The fourth-order valence-corrected chi connectivity index (χ4v) is 2.18. The summed E-state index contributed by atoms with van der Waals surface area (Å²) in [5.41, 5.74) is 0. The maximum atomic E-state index is 11.1. The first-order chi connectivity index (χ1) is 7.65. The van der Waals surface area contributed by atoms with Crippen molar-refractivity contribution in [1.29, 1.82) is 0 Å². The molecule has 5 nitrogen and oxygen atoms in total. The van der Waals surface area contributed by atoms with Gasteiger partial charge >= 0.3 is 5.97 Å². The van der Waals surface area contributed by atoms with Crippen LogP contribution in [0.5, 0.6) is 0 Å². The Morgan fingerprint density at radius 2 is 2.25 bits per heavy atom. The number of methoxy groups -OCH3 is 1. The maximum Gasteiger partial charge on any atom is 0.320 e. The Morgan fingerprint density at radius 3 is 2.88 bits per heavy atom. The van der Waals surface area contributed by atoms with E-state index < -0.39 is 18.1 Å². The van der Waals surface area contributed by atoms with Gasteiger partial charge in [-0.05, 0) is 19.4 Å². The predicted molar refractivity (Wildman–Crippen MR) is 59.3 cm³/mol. The number of rotatable bonds is 5. The lowest BCUT2D eigenvalue weighted by molar-refractivity contribution is -0.144. The third-order valence-electron chi connectivity index (χ3n) is 2.95. The molecule has 0 aromatic heterocycles. The Labute approximate surface area is 96.0 Å². The van der Waals surface area contributed by atoms with Crippen LogP contribution in [0.15, 0.2) is 0 Å². The minimum Gasteiger partial charge on any atom is -0.480 e. The fourth-order valence-electron chi connectivity index (χ4n) is 2.18. The number of aliphatic hydroxyl groups excluding tert-OH is 1. The summed E-state index contributed by atoms with van der Waals surface area (Å²) < 4.78 is 4.85. The molecule has 5 heteroatoms. The molecular weight excluding hydrogens is 210 g/mol. The molecule has 0 aromatic rings. The quantitative estimate of drug-likeness (QED) is 0.713. The van der Waals surface area contributed by atoms with Crippen molar-refractivity contribution in [1.82, 2.24) is 4.90 Å². The van der Waals surface area contributed by atoms with Crippen molar-refractivity contribution in [3.8, 4) is 0 Å². The van der Waals surface area contributed by atoms with Crippen LogP contribution in [0.1, 0.15) is 25.7 Å². The minimum absolute atomic E-state index is 0.253. The van der Waals surface area contributed by atoms with Crippen molar-refractivity contribution >= 4 is 5.97 Å². The number of hydrogen-bond donors (Lipinski definition) is 2. The van der Waals surface area contributed by atoms with Crippen LogP contribution in [0.25, 0.3) is 0 Å². The van der Waals surface area contributed by atoms with Crippen molar-refractivity contribution in [3.05, 3.63) is 0 Å². The van der Waals surface area contributed by atoms with Crippen LogP contribution in [0.4, 0.5) is 0 Å². The number of likely N-dealkylation sites (tertiary alicyclic amines) is 1. The van der Waals surface area contributed by atoms with Crippen molar-refractivity contribution in [3.63, 3.8) is 0 Å². The Bertz CT molecular complexity index is 222. The maximum absolute atomic E-state index is 11.1. The van der Waals surface area contributed by atoms with Gasteiger partial charge in [0.25, 0.3) is 0 Å². The van der Waals surface area contributed by atoms with Gasteiger partial charge in [0.05, 0.1) is 12.7 Å². The first-order valence-electron chi connectivity index (χ1n) is 5.79. The zero-order valence-electron chi connectivity index (χ0n) is 9.76. The SMILES string of the molecule is COCC(O)CN1CCCCCC1C(=O)O. The average molecular weight is 231 g/mol. The third kappa shape index (κ3) is 4.08. The summed E-state index contributed by atoms with van der Waals surface area (Å²) in [6, 6.07) is -0.450. The number of hydrogen-bond acceptors (Lipinski definition) is 4. The Morgan fingerprint density at radius 1 is 1.50 bits per heavy atom. The monoisotopic (exact) mass is 231 g/mol. The van der Waals surface area contributed by atoms with Crippen LogP contribution in [-0.2, 0) is 9.53 Å². The van der Waals surface area contributed by atoms with Crippen molar-refractivity contribution in [2.45, 2.75) is 37.8 Å². The van der Waals surface area contributed by atoms with Gasteiger partial charge in [0.1, 0.15) is 6.04 Å². The number of β-amino-alcohol motifs (C(OH)–C–C–N with tert-alkyl or cyclic N) is 1. The second-order valence-electron chi connectivity index (χ2n) is 4.31. The van der Waals surface area contributed by atoms with Gasteiger partial charge in [0.15, 0.2) is 0 Å². The van der Waals surface area contributed by atoms with Crippen LogP contribution >= 0.6 is 0 Å². The lowest BCUT2D eigenvalue weighted by Crippen LogP contribution is -2.45. The average Bonchev–Trinajstić information content (AvgIpc) is 2.43. The van der Waals surface area contributed by atoms with E-state index in [1.165, 1.54) is 7.11 Å². The largest absolute Gasteiger partial charge is 0.480 e. The summed E-state index contributed by atoms with van der Waals surface area (Å²) in [5, 5.41) is 18.8. The molecule has 1 rings (SSSR count). The molecule has 0 saturated carbocycles. The van der Waals surface area contributed by atoms with Gasteiger partial charge < -0.3 is 14.9 Å². The van der Waals surface area contributed by atoms with E-state index in [0.29, 0.717) is 13.0 Å². The summed E-state index contributed by atoms with van der Waals surface area (Å²) in [7, 11) is 1.53. The molecule has 0 spiro atoms. The lowest BCUT2D eigenvalue weighted by atomic mass is 10.1. The highest BCUT2D eigenvalue weighted by Crippen LogP contribution is 2.17. The normalized spacial score (nSPS) is 25.0. The fraction of sp³-hybridized carbons (Fsp3) is 0.909. The highest BCUT2D eigenvalue weighted by Gasteiger charge is 2.28. The molecule has 2 N–H and O–H groups in total. The van der Waals surface area contributed by atoms with Gasteiger partial charge in [-0.2, -0.15) is 0 Å². The molecule has 2 atom stereocenters. The van der Waals surface area contributed by atoms with Crippen molar-refractivity contribution < 1.29 is 19.7 Å². The van der Waals surface area contributed by atoms with Crippen LogP contribution in [-0.4, -0.2) is 60.0 Å². The molecule has 1 heterocycles. The number of aliphatic carboxylic acids is 1. The van der Waals surface area contributed by atoms with Crippen LogP contribution in [0.2, 0.25) is 0 Å². The lowest BCUT2D eigenvalue weighted by Gasteiger charge is -2.28. The van der Waals surface area contributed by atoms with E-state index in [1.54, 1.807) is 0 Å². The van der Waals surface area contributed by atoms with Gasteiger partial charge in [-0.25, -0.2) is 0 Å². The molecule has 1 aliphatic heterocycles. The second-order valence-corrected chi connectivity index (χ2v) is 4.31. The summed E-state index contributed by atoms with van der Waals surface area (Å²) in [4.78, 5) is 13.0. The zero-order chi connectivity index (χ0) is 12.0. The molecule has 0 aliphatic carbocycles. The first kappa shape index (κ1) is 13.4. The summed E-state index contributed by atoms with van der Waals surface area (Å²) in [5.74, 6) is -0.786. The van der Waals surface area contributed by atoms with Gasteiger partial charge in [-0.15, -0.1) is 0 Å². The van der Waals surface area contributed by atoms with E-state index in [-0.39, 0.29) is 6.61 Å². The third-order valence-corrected chi connectivity index (χ3v) is 2.95. The Kier molecular flexibility index (Phi) is 5.73. The predicted octanol–water partition coefficient (Wildman–Crippen LogP) is 0.323. The molecular formula is C11H21NO4. The van der Waals surface area contributed by atoms with Gasteiger partial charge in [0.2, 0.25) is 0 Å². The van der Waals surface area contributed by atoms with E-state index >= 15 is 0 Å². The second kappa shape index (κ2) is 6.83. The van der Waals surface area contributed by atoms with Gasteiger partial charge in [-0.3, -0.25) is 9.69 Å². The Balaban J connectivity index is 2.53. The van der Waals surface area contributed by atoms with E-state index in [4.69, 9.17) is 9.84 Å². The molecule has 0 aromatic carbocycles. The highest BCUT2D eigenvalue weighted by atomic mass is 16.5. The van der Waals surface area contributed by atoms with Crippen molar-refractivity contribution in [2.75, 3.05) is 26.8 Å². The summed E-state index contributed by atoms with van der Waals surface area (Å²) in [6.07, 6.45) is 3.09. The van der Waals surface area contributed by atoms with E-state index in [0.717, 1.165) is 25.8 Å². The molecule has 1 fully saturated rings. The number of aliphatic hydroxyl groups is 1. The molecule has 0 amide bonds. The van der Waals surface area contributed by atoms with Crippen molar-refractivity contribution in [2.24, 2.45) is 0 Å². The molecule has 16 heavy (non-hydrogen) atoms. The summed E-state index contributed by atoms with van der Waals surface area (Å²) >= 11 is 0. The van der Waals surface area contributed by atoms with Gasteiger partial charge in [0, 0.05) is 13.7 Å². The van der Waals surface area contributed by atoms with Crippen LogP contribution in [0, 0.1) is 0 Å². The molecule has 1 saturated heterocycles. The molecule has 94 valence electrons. The standard InChI is InChI=1S/C11H21NO4/c1-16-8-9(13)7-12-6-4-2-3-5-10(12)11(14)15/h9-10,13H,2-8H2,1H3,(H,14,15). The zero-order valence-corrected chi connectivity index (χ0v) is 9.76. The number of carbonyl (C=O) groups is 1. The first-order valence-corrected chi connectivity index (χ1v) is 5.79.